The largest absolute Gasteiger partial charge is 0.0891 e. The summed E-state index contributed by atoms with van der Waals surface area (Å²) in [6.07, 6.45) is 0. The molecule has 0 radical (unpaired) electrons. The van der Waals surface area contributed by atoms with Gasteiger partial charge in [-0.05, 0) is 28.6 Å². The van der Waals surface area contributed by atoms with Gasteiger partial charge in [0.2, 0.25) is 0 Å². The molecule has 92 valence electrons. The smallest absolute Gasteiger partial charge is 0.0626 e. The van der Waals surface area contributed by atoms with Gasteiger partial charge in [-0.2, -0.15) is 0 Å². The topological polar surface area (TPSA) is 0 Å². The normalized spacial score (nSPS) is 17.0. The summed E-state index contributed by atoms with van der Waals surface area (Å²) in [7, 11) is 0. The number of fused-ring (bicyclic) bond motifs is 1. The van der Waals surface area contributed by atoms with Gasteiger partial charge in [-0.15, -0.1) is 0 Å². The summed E-state index contributed by atoms with van der Waals surface area (Å²) < 4.78 is 0.425. The molecule has 19 heavy (non-hydrogen) atoms. The molecule has 3 aromatic carbocycles. The van der Waals surface area contributed by atoms with E-state index in [1.54, 1.807) is 0 Å². The molecule has 2 heteroatoms. The third-order valence-electron chi connectivity index (χ3n) is 3.58. The molecule has 1 atom stereocenters. The molecular formula is C17H11IS. The zero-order valence-corrected chi connectivity index (χ0v) is 13.1. The van der Waals surface area contributed by atoms with E-state index in [1.165, 1.54) is 31.7 Å². The third-order valence-corrected chi connectivity index (χ3v) is 6.08. The molecule has 4 rings (SSSR count). The Labute approximate surface area is 130 Å². The van der Waals surface area contributed by atoms with Gasteiger partial charge in [0.1, 0.15) is 0 Å². The molecule has 0 amide bonds. The maximum Gasteiger partial charge on any atom is 0.0626 e. The van der Waals surface area contributed by atoms with Gasteiger partial charge >= 0.3 is 0 Å². The first kappa shape index (κ1) is 11.8. The van der Waals surface area contributed by atoms with Crippen LogP contribution in [0.3, 0.4) is 0 Å². The molecule has 1 aliphatic heterocycles. The van der Waals surface area contributed by atoms with E-state index in [0.717, 1.165) is 0 Å². The van der Waals surface area contributed by atoms with E-state index in [-0.39, 0.29) is 0 Å². The molecular weight excluding hydrogens is 363 g/mol. The van der Waals surface area contributed by atoms with E-state index in [0.29, 0.717) is 3.92 Å². The first-order valence-electron chi connectivity index (χ1n) is 6.27. The second-order valence-corrected chi connectivity index (χ2v) is 7.03. The molecule has 0 spiro atoms. The van der Waals surface area contributed by atoms with Crippen LogP contribution in [0.5, 0.6) is 0 Å². The van der Waals surface area contributed by atoms with Crippen molar-refractivity contribution in [3.05, 3.63) is 71.8 Å². The first-order chi connectivity index (χ1) is 9.34. The molecule has 0 saturated heterocycles. The Morgan fingerprint density at radius 1 is 0.737 bits per heavy atom. The van der Waals surface area contributed by atoms with E-state index < -0.39 is 0 Å². The van der Waals surface area contributed by atoms with Gasteiger partial charge < -0.3 is 0 Å². The highest BCUT2D eigenvalue weighted by molar-refractivity contribution is 14.1. The molecule has 1 unspecified atom stereocenters. The van der Waals surface area contributed by atoms with E-state index in [9.17, 15) is 0 Å². The quantitative estimate of drug-likeness (QED) is 0.353. The van der Waals surface area contributed by atoms with Gasteiger partial charge in [0.05, 0.1) is 3.92 Å². The average molecular weight is 374 g/mol. The summed E-state index contributed by atoms with van der Waals surface area (Å²) in [6.45, 7) is 0. The molecule has 0 bridgehead atoms. The van der Waals surface area contributed by atoms with Gasteiger partial charge in [-0.3, -0.25) is 0 Å². The molecule has 0 nitrogen and oxygen atoms in total. The molecule has 3 aromatic rings. The van der Waals surface area contributed by atoms with Crippen molar-refractivity contribution in [1.82, 2.24) is 0 Å². The Morgan fingerprint density at radius 2 is 1.42 bits per heavy atom. The standard InChI is InChI=1S/C17H11IS/c18-17-12-7-1-2-9-14(12)19-15-10-4-6-11-5-3-8-13(17)16(11)15/h1-10,17H. The number of hydrogen-bond donors (Lipinski definition) is 0. The van der Waals surface area contributed by atoms with Gasteiger partial charge in [-0.1, -0.05) is 82.9 Å². The highest BCUT2D eigenvalue weighted by Gasteiger charge is 2.22. The fourth-order valence-electron chi connectivity index (χ4n) is 2.70. The highest BCUT2D eigenvalue weighted by Crippen LogP contribution is 2.48. The Bertz CT molecular complexity index is 774. The highest BCUT2D eigenvalue weighted by atomic mass is 127. The van der Waals surface area contributed by atoms with Crippen LogP contribution in [0, 0.1) is 0 Å². The minimum Gasteiger partial charge on any atom is -0.0891 e. The maximum absolute atomic E-state index is 2.57. The van der Waals surface area contributed by atoms with Crippen molar-refractivity contribution in [2.75, 3.05) is 0 Å². The van der Waals surface area contributed by atoms with Crippen LogP contribution in [0.2, 0.25) is 0 Å². The number of halogens is 1. The second kappa shape index (κ2) is 4.53. The lowest BCUT2D eigenvalue weighted by atomic mass is 9.98. The lowest BCUT2D eigenvalue weighted by Crippen LogP contribution is -1.93. The summed E-state index contributed by atoms with van der Waals surface area (Å²) in [5, 5.41) is 2.77. The minimum atomic E-state index is 0.425. The van der Waals surface area contributed by atoms with E-state index in [1.807, 2.05) is 11.8 Å². The van der Waals surface area contributed by atoms with Crippen molar-refractivity contribution in [2.24, 2.45) is 0 Å². The monoisotopic (exact) mass is 374 g/mol. The van der Waals surface area contributed by atoms with Crippen molar-refractivity contribution in [3.8, 4) is 0 Å². The van der Waals surface area contributed by atoms with Gasteiger partial charge in [0.15, 0.2) is 0 Å². The van der Waals surface area contributed by atoms with Crippen LogP contribution in [0.25, 0.3) is 10.8 Å². The molecule has 0 N–H and O–H groups in total. The molecule has 0 saturated carbocycles. The SMILES string of the molecule is IC1c2ccccc2Sc2cccc3cccc1c23. The molecule has 1 heterocycles. The third kappa shape index (κ3) is 1.81. The zero-order chi connectivity index (χ0) is 12.8. The lowest BCUT2D eigenvalue weighted by Gasteiger charge is -2.12. The fraction of sp³-hybridized carbons (Fsp3) is 0.0588. The summed E-state index contributed by atoms with van der Waals surface area (Å²) in [6, 6.07) is 22.0. The van der Waals surface area contributed by atoms with Crippen LogP contribution < -0.4 is 0 Å². The Hall–Kier alpha value is -1.00. The van der Waals surface area contributed by atoms with Crippen LogP contribution in [-0.2, 0) is 0 Å². The predicted octanol–water partition coefficient (Wildman–Crippen LogP) is 5.83. The summed E-state index contributed by atoms with van der Waals surface area (Å²) in [5.41, 5.74) is 2.86. The zero-order valence-electron chi connectivity index (χ0n) is 10.1. The number of alkyl halides is 1. The second-order valence-electron chi connectivity index (χ2n) is 4.70. The van der Waals surface area contributed by atoms with Crippen LogP contribution in [0.4, 0.5) is 0 Å². The van der Waals surface area contributed by atoms with Crippen LogP contribution in [0.15, 0.2) is 70.5 Å². The van der Waals surface area contributed by atoms with Crippen LogP contribution in [0.1, 0.15) is 15.1 Å². The van der Waals surface area contributed by atoms with Crippen molar-refractivity contribution in [2.45, 2.75) is 13.7 Å². The first-order valence-corrected chi connectivity index (χ1v) is 8.33. The van der Waals surface area contributed by atoms with Gasteiger partial charge in [0.25, 0.3) is 0 Å². The average Bonchev–Trinajstić information content (AvgIpc) is 2.58. The van der Waals surface area contributed by atoms with E-state index in [2.05, 4.69) is 83.3 Å². The summed E-state index contributed by atoms with van der Waals surface area (Å²) >= 11 is 4.46. The molecule has 0 fully saturated rings. The van der Waals surface area contributed by atoms with Gasteiger partial charge in [0, 0.05) is 15.2 Å². The molecule has 0 aromatic heterocycles. The van der Waals surface area contributed by atoms with Crippen LogP contribution in [-0.4, -0.2) is 0 Å². The Balaban J connectivity index is 2.13. The number of benzene rings is 3. The lowest BCUT2D eigenvalue weighted by molar-refractivity contribution is 1.15. The van der Waals surface area contributed by atoms with Crippen molar-refractivity contribution >= 4 is 45.1 Å². The molecule has 0 aliphatic carbocycles. The number of rotatable bonds is 0. The predicted molar refractivity (Wildman–Crippen MR) is 90.4 cm³/mol. The van der Waals surface area contributed by atoms with Crippen molar-refractivity contribution in [1.29, 1.82) is 0 Å². The van der Waals surface area contributed by atoms with Crippen molar-refractivity contribution in [3.63, 3.8) is 0 Å². The Kier molecular flexibility index (Phi) is 2.81. The summed E-state index contributed by atoms with van der Waals surface area (Å²) in [4.78, 5) is 2.75. The number of hydrogen-bond acceptors (Lipinski definition) is 1. The Morgan fingerprint density at radius 3 is 2.32 bits per heavy atom. The van der Waals surface area contributed by atoms with E-state index >= 15 is 0 Å². The maximum atomic E-state index is 2.57. The van der Waals surface area contributed by atoms with Gasteiger partial charge in [-0.25, -0.2) is 0 Å². The summed E-state index contributed by atoms with van der Waals surface area (Å²) in [5.74, 6) is 0. The molecule has 1 aliphatic rings. The fourth-order valence-corrected chi connectivity index (χ4v) is 5.14. The minimum absolute atomic E-state index is 0.425. The van der Waals surface area contributed by atoms with Crippen molar-refractivity contribution < 1.29 is 0 Å². The van der Waals surface area contributed by atoms with Crippen LogP contribution >= 0.6 is 34.4 Å². The van der Waals surface area contributed by atoms with E-state index in [4.69, 9.17) is 0 Å².